The van der Waals surface area contributed by atoms with Gasteiger partial charge < -0.3 is 5.73 Å². The summed E-state index contributed by atoms with van der Waals surface area (Å²) in [5, 5.41) is 0.756. The monoisotopic (exact) mass is 341 g/mol. The van der Waals surface area contributed by atoms with Crippen LogP contribution in [0.4, 0.5) is 0 Å². The number of hydrogen-bond acceptors (Lipinski definition) is 2. The van der Waals surface area contributed by atoms with E-state index in [1.807, 2.05) is 31.2 Å². The van der Waals surface area contributed by atoms with E-state index in [2.05, 4.69) is 34.1 Å². The number of rotatable bonds is 3. The van der Waals surface area contributed by atoms with Crippen LogP contribution in [0.25, 0.3) is 0 Å². The zero-order valence-corrected chi connectivity index (χ0v) is 13.0. The van der Waals surface area contributed by atoms with Gasteiger partial charge in [-0.15, -0.1) is 0 Å². The van der Waals surface area contributed by atoms with Gasteiger partial charge in [0.05, 0.1) is 0 Å². The predicted molar refractivity (Wildman–Crippen MR) is 82.3 cm³/mol. The summed E-state index contributed by atoms with van der Waals surface area (Å²) in [6.45, 7) is 1.98. The number of benzene rings is 2. The van der Waals surface area contributed by atoms with Crippen molar-refractivity contribution < 1.29 is 0 Å². The van der Waals surface area contributed by atoms with Crippen LogP contribution in [0.2, 0.25) is 5.02 Å². The van der Waals surface area contributed by atoms with Crippen LogP contribution in [0, 0.1) is 0 Å². The van der Waals surface area contributed by atoms with Gasteiger partial charge in [-0.25, -0.2) is 0 Å². The van der Waals surface area contributed by atoms with Crippen LogP contribution in [0.1, 0.15) is 18.5 Å². The number of halogens is 2. The molecule has 1 nitrogen and oxygen atoms in total. The van der Waals surface area contributed by atoms with E-state index in [9.17, 15) is 0 Å². The lowest BCUT2D eigenvalue weighted by Gasteiger charge is -2.10. The second-order valence-electron chi connectivity index (χ2n) is 4.03. The highest BCUT2D eigenvalue weighted by molar-refractivity contribution is 9.10. The molecule has 94 valence electrons. The van der Waals surface area contributed by atoms with Crippen molar-refractivity contribution in [3.05, 3.63) is 57.5 Å². The van der Waals surface area contributed by atoms with Crippen molar-refractivity contribution in [2.75, 3.05) is 0 Å². The molecule has 0 bridgehead atoms. The van der Waals surface area contributed by atoms with Crippen molar-refractivity contribution in [3.63, 3.8) is 0 Å². The lowest BCUT2D eigenvalue weighted by molar-refractivity contribution is 0.811. The Balaban J connectivity index is 2.23. The van der Waals surface area contributed by atoms with Gasteiger partial charge >= 0.3 is 0 Å². The second kappa shape index (κ2) is 6.11. The first-order valence-corrected chi connectivity index (χ1v) is 7.53. The fourth-order valence-electron chi connectivity index (χ4n) is 1.61. The van der Waals surface area contributed by atoms with E-state index < -0.39 is 0 Å². The SMILES string of the molecule is CC(N)c1ccc(Sc2cccc(Cl)c2)cc1Br. The molecule has 0 radical (unpaired) electrons. The smallest absolute Gasteiger partial charge is 0.0417 e. The summed E-state index contributed by atoms with van der Waals surface area (Å²) < 4.78 is 1.05. The fraction of sp³-hybridized carbons (Fsp3) is 0.143. The van der Waals surface area contributed by atoms with Gasteiger partial charge in [-0.2, -0.15) is 0 Å². The van der Waals surface area contributed by atoms with Gasteiger partial charge in [0.25, 0.3) is 0 Å². The first-order valence-electron chi connectivity index (χ1n) is 5.54. The summed E-state index contributed by atoms with van der Waals surface area (Å²) in [6, 6.07) is 14.1. The summed E-state index contributed by atoms with van der Waals surface area (Å²) in [7, 11) is 0. The van der Waals surface area contributed by atoms with E-state index in [1.54, 1.807) is 11.8 Å². The summed E-state index contributed by atoms with van der Waals surface area (Å²) in [4.78, 5) is 2.29. The van der Waals surface area contributed by atoms with Crippen LogP contribution in [0.3, 0.4) is 0 Å². The van der Waals surface area contributed by atoms with Crippen LogP contribution >= 0.6 is 39.3 Å². The molecule has 0 amide bonds. The predicted octanol–water partition coefficient (Wildman–Crippen LogP) is 5.27. The van der Waals surface area contributed by atoms with Gasteiger partial charge in [0, 0.05) is 25.3 Å². The molecule has 0 aliphatic rings. The van der Waals surface area contributed by atoms with Crippen molar-refractivity contribution in [3.8, 4) is 0 Å². The van der Waals surface area contributed by atoms with Crippen LogP contribution < -0.4 is 5.73 Å². The average molecular weight is 343 g/mol. The minimum atomic E-state index is 0.0320. The van der Waals surface area contributed by atoms with E-state index >= 15 is 0 Å². The van der Waals surface area contributed by atoms with E-state index in [-0.39, 0.29) is 6.04 Å². The Hall–Kier alpha value is -0.480. The molecule has 0 spiro atoms. The van der Waals surface area contributed by atoms with Gasteiger partial charge in [0.2, 0.25) is 0 Å². The minimum Gasteiger partial charge on any atom is -0.324 e. The highest BCUT2D eigenvalue weighted by Crippen LogP contribution is 2.33. The molecular weight excluding hydrogens is 330 g/mol. The fourth-order valence-corrected chi connectivity index (χ4v) is 3.67. The molecule has 0 saturated heterocycles. The highest BCUT2D eigenvalue weighted by atomic mass is 79.9. The van der Waals surface area contributed by atoms with E-state index in [0.29, 0.717) is 0 Å². The lowest BCUT2D eigenvalue weighted by Crippen LogP contribution is -2.05. The standard InChI is InChI=1S/C14H13BrClNS/c1-9(17)13-6-5-12(8-14(13)15)18-11-4-2-3-10(16)7-11/h2-9H,17H2,1H3. The van der Waals surface area contributed by atoms with Crippen LogP contribution in [-0.4, -0.2) is 0 Å². The quantitative estimate of drug-likeness (QED) is 0.822. The van der Waals surface area contributed by atoms with Gasteiger partial charge in [-0.05, 0) is 42.8 Å². The van der Waals surface area contributed by atoms with Crippen LogP contribution in [-0.2, 0) is 0 Å². The van der Waals surface area contributed by atoms with Crippen LogP contribution in [0.5, 0.6) is 0 Å². The lowest BCUT2D eigenvalue weighted by atomic mass is 10.1. The molecule has 2 aromatic carbocycles. The Kier molecular flexibility index (Phi) is 4.73. The molecule has 0 aromatic heterocycles. The summed E-state index contributed by atoms with van der Waals surface area (Å²) in [5.74, 6) is 0. The van der Waals surface area contributed by atoms with Crippen molar-refractivity contribution in [1.82, 2.24) is 0 Å². The maximum Gasteiger partial charge on any atom is 0.0417 e. The second-order valence-corrected chi connectivity index (χ2v) is 6.47. The highest BCUT2D eigenvalue weighted by Gasteiger charge is 2.06. The molecule has 0 fully saturated rings. The normalized spacial score (nSPS) is 12.4. The third-order valence-electron chi connectivity index (χ3n) is 2.49. The third-order valence-corrected chi connectivity index (χ3v) is 4.40. The third kappa shape index (κ3) is 3.51. The first kappa shape index (κ1) is 13.9. The number of nitrogens with two attached hydrogens (primary N) is 1. The minimum absolute atomic E-state index is 0.0320. The average Bonchev–Trinajstić information content (AvgIpc) is 2.28. The molecule has 2 aromatic rings. The first-order chi connectivity index (χ1) is 8.56. The Bertz CT molecular complexity index is 557. The van der Waals surface area contributed by atoms with Gasteiger partial charge in [0.1, 0.15) is 0 Å². The molecule has 0 saturated carbocycles. The maximum absolute atomic E-state index is 5.97. The molecule has 18 heavy (non-hydrogen) atoms. The Morgan fingerprint density at radius 2 is 1.89 bits per heavy atom. The van der Waals surface area contributed by atoms with Crippen LogP contribution in [0.15, 0.2) is 56.7 Å². The molecule has 0 heterocycles. The molecule has 0 aliphatic heterocycles. The molecule has 4 heteroatoms. The summed E-state index contributed by atoms with van der Waals surface area (Å²) in [6.07, 6.45) is 0. The van der Waals surface area contributed by atoms with Gasteiger partial charge in [-0.3, -0.25) is 0 Å². The molecule has 2 N–H and O–H groups in total. The molecule has 1 atom stereocenters. The van der Waals surface area contributed by atoms with Crippen molar-refractivity contribution in [2.45, 2.75) is 22.8 Å². The molecule has 1 unspecified atom stereocenters. The van der Waals surface area contributed by atoms with Crippen molar-refractivity contribution >= 4 is 39.3 Å². The largest absolute Gasteiger partial charge is 0.324 e. The number of hydrogen-bond donors (Lipinski definition) is 1. The topological polar surface area (TPSA) is 26.0 Å². The Labute approximate surface area is 125 Å². The molecule has 2 rings (SSSR count). The zero-order chi connectivity index (χ0) is 13.1. The van der Waals surface area contributed by atoms with E-state index in [0.717, 1.165) is 24.8 Å². The van der Waals surface area contributed by atoms with Gasteiger partial charge in [-0.1, -0.05) is 51.4 Å². The van der Waals surface area contributed by atoms with Crippen molar-refractivity contribution in [1.29, 1.82) is 0 Å². The zero-order valence-electron chi connectivity index (χ0n) is 9.86. The Morgan fingerprint density at radius 3 is 2.50 bits per heavy atom. The summed E-state index contributed by atoms with van der Waals surface area (Å²) in [5.41, 5.74) is 7.00. The maximum atomic E-state index is 5.97. The van der Waals surface area contributed by atoms with E-state index in [1.165, 1.54) is 0 Å². The van der Waals surface area contributed by atoms with Crippen molar-refractivity contribution in [2.24, 2.45) is 5.73 Å². The van der Waals surface area contributed by atoms with Gasteiger partial charge in [0.15, 0.2) is 0 Å². The Morgan fingerprint density at radius 1 is 1.17 bits per heavy atom. The van der Waals surface area contributed by atoms with E-state index in [4.69, 9.17) is 17.3 Å². The molecule has 0 aliphatic carbocycles. The summed E-state index contributed by atoms with van der Waals surface area (Å²) >= 11 is 11.2. The molecular formula is C14H13BrClNS.